The summed E-state index contributed by atoms with van der Waals surface area (Å²) < 4.78 is 40.4. The molecule has 14 heteroatoms. The van der Waals surface area contributed by atoms with Crippen LogP contribution in [0.2, 0.25) is 0 Å². The van der Waals surface area contributed by atoms with Crippen molar-refractivity contribution in [3.8, 4) is 5.75 Å². The molecule has 232 valence electrons. The Bertz CT molecular complexity index is 1560. The molecule has 0 aliphatic carbocycles. The second-order valence-corrected chi connectivity index (χ2v) is 14.0. The Hall–Kier alpha value is -4.01. The van der Waals surface area contributed by atoms with E-state index in [9.17, 15) is 18.0 Å². The van der Waals surface area contributed by atoms with Crippen molar-refractivity contribution in [3.05, 3.63) is 60.1 Å². The highest BCUT2D eigenvalue weighted by atomic mass is 32.2. The molecule has 3 N–H and O–H groups in total. The van der Waals surface area contributed by atoms with E-state index in [1.165, 1.54) is 6.20 Å². The number of amides is 3. The van der Waals surface area contributed by atoms with Crippen LogP contribution in [0.3, 0.4) is 0 Å². The maximum Gasteiger partial charge on any atom is 0.324 e. The number of carbonyl (C=O) groups excluding carboxylic acids is 2. The van der Waals surface area contributed by atoms with Gasteiger partial charge in [-0.2, -0.15) is 13.1 Å². The Labute approximate surface area is 251 Å². The number of pyridine rings is 1. The Morgan fingerprint density at radius 3 is 2.28 bits per heavy atom. The average Bonchev–Trinajstić information content (AvgIpc) is 3.45. The fraction of sp³-hybridized carbons (Fsp3) is 0.448. The molecular weight excluding hydrogens is 576 g/mol. The number of urea groups is 1. The van der Waals surface area contributed by atoms with Gasteiger partial charge in [-0.05, 0) is 50.2 Å². The molecule has 2 unspecified atom stereocenters. The summed E-state index contributed by atoms with van der Waals surface area (Å²) in [6.07, 6.45) is 3.99. The van der Waals surface area contributed by atoms with Gasteiger partial charge in [0, 0.05) is 35.7 Å². The van der Waals surface area contributed by atoms with Crippen molar-refractivity contribution >= 4 is 39.2 Å². The Morgan fingerprint density at radius 2 is 1.72 bits per heavy atom. The van der Waals surface area contributed by atoms with E-state index in [2.05, 4.69) is 26.1 Å². The summed E-state index contributed by atoms with van der Waals surface area (Å²) in [5.74, 6) is 0.975. The third-order valence-corrected chi connectivity index (χ3v) is 8.16. The summed E-state index contributed by atoms with van der Waals surface area (Å²) in [5, 5.41) is 11.9. The Balaban J connectivity index is 1.28. The number of anilines is 3. The average molecular weight is 616 g/mol. The van der Waals surface area contributed by atoms with Gasteiger partial charge in [0.25, 0.3) is 5.91 Å². The lowest BCUT2D eigenvalue weighted by atomic mass is 9.93. The fourth-order valence-corrected chi connectivity index (χ4v) is 5.63. The van der Waals surface area contributed by atoms with Gasteiger partial charge in [0.05, 0.1) is 12.5 Å². The number of likely N-dealkylation sites (tertiary alicyclic amines) is 1. The zero-order valence-corrected chi connectivity index (χ0v) is 26.2. The zero-order chi connectivity index (χ0) is 31.6. The molecule has 3 heterocycles. The number of carbonyl (C=O) groups is 2. The van der Waals surface area contributed by atoms with E-state index in [4.69, 9.17) is 13.5 Å². The van der Waals surface area contributed by atoms with Gasteiger partial charge in [-0.3, -0.25) is 10.1 Å². The van der Waals surface area contributed by atoms with Gasteiger partial charge in [0.2, 0.25) is 0 Å². The van der Waals surface area contributed by atoms with Crippen LogP contribution in [0, 0.1) is 0 Å². The predicted molar refractivity (Wildman–Crippen MR) is 161 cm³/mol. The Morgan fingerprint density at radius 1 is 1.07 bits per heavy atom. The number of likely N-dealkylation sites (N-methyl/N-ethyl adjacent to an activating group) is 1. The third-order valence-electron chi connectivity index (χ3n) is 7.58. The number of rotatable bonds is 9. The van der Waals surface area contributed by atoms with Crippen LogP contribution in [-0.4, -0.2) is 66.6 Å². The van der Waals surface area contributed by atoms with Crippen LogP contribution in [0.15, 0.2) is 53.2 Å². The zero-order valence-electron chi connectivity index (χ0n) is 25.4. The molecule has 3 amide bonds. The molecule has 2 atom stereocenters. The van der Waals surface area contributed by atoms with Crippen molar-refractivity contribution in [2.24, 2.45) is 0 Å². The van der Waals surface area contributed by atoms with Crippen molar-refractivity contribution in [2.45, 2.75) is 64.5 Å². The molecule has 0 spiro atoms. The number of aromatic nitrogens is 2. The van der Waals surface area contributed by atoms with Crippen LogP contribution in [0.1, 0.15) is 63.7 Å². The van der Waals surface area contributed by atoms with Crippen LogP contribution >= 0.6 is 0 Å². The van der Waals surface area contributed by atoms with Crippen LogP contribution in [0.5, 0.6) is 5.75 Å². The minimum atomic E-state index is -3.68. The van der Waals surface area contributed by atoms with E-state index in [-0.39, 0.29) is 28.4 Å². The first-order valence-electron chi connectivity index (χ1n) is 13.8. The molecule has 3 aromatic rings. The minimum Gasteiger partial charge on any atom is -0.486 e. The quantitative estimate of drug-likeness (QED) is 0.284. The van der Waals surface area contributed by atoms with Gasteiger partial charge in [0.15, 0.2) is 11.9 Å². The molecule has 0 radical (unpaired) electrons. The molecule has 0 bridgehead atoms. The van der Waals surface area contributed by atoms with E-state index in [0.29, 0.717) is 28.7 Å². The number of nitrogens with one attached hydrogen (secondary N) is 3. The third kappa shape index (κ3) is 7.89. The SMILES string of the molecule is CC(C)(C)c1cc(NC(=O)Nc2ccc(NC(=O)c3ccc(OCC4CCC(C)(C)[N+]4(C)OS(C)(=O)=O)cn3)cc2)no1. The maximum absolute atomic E-state index is 12.7. The van der Waals surface area contributed by atoms with E-state index in [0.717, 1.165) is 19.1 Å². The molecule has 13 nitrogen and oxygen atoms in total. The molecule has 1 aromatic carbocycles. The maximum atomic E-state index is 12.7. The molecule has 1 aliphatic heterocycles. The van der Waals surface area contributed by atoms with Crippen molar-refractivity contribution in [2.75, 3.05) is 35.9 Å². The number of quaternary nitrogens is 1. The molecule has 1 saturated heterocycles. The summed E-state index contributed by atoms with van der Waals surface area (Å²) in [4.78, 5) is 29.3. The van der Waals surface area contributed by atoms with E-state index < -0.39 is 27.6 Å². The van der Waals surface area contributed by atoms with Gasteiger partial charge < -0.3 is 19.9 Å². The second-order valence-electron chi connectivity index (χ2n) is 12.4. The molecule has 43 heavy (non-hydrogen) atoms. The normalized spacial score (nSPS) is 19.9. The number of hydrogen-bond donors (Lipinski definition) is 3. The molecule has 0 saturated carbocycles. The van der Waals surface area contributed by atoms with Crippen molar-refractivity contribution < 1.29 is 36.2 Å². The minimum absolute atomic E-state index is 0.112. The highest BCUT2D eigenvalue weighted by Crippen LogP contribution is 2.41. The topological polar surface area (TPSA) is 162 Å². The number of ether oxygens (including phenoxy) is 1. The monoisotopic (exact) mass is 615 g/mol. The highest BCUT2D eigenvalue weighted by molar-refractivity contribution is 7.85. The first kappa shape index (κ1) is 31.9. The lowest BCUT2D eigenvalue weighted by molar-refractivity contribution is -1.11. The van der Waals surface area contributed by atoms with Crippen LogP contribution in [-0.2, 0) is 19.8 Å². The second kappa shape index (κ2) is 11.9. The Kier molecular flexibility index (Phi) is 8.86. The van der Waals surface area contributed by atoms with Crippen LogP contribution < -0.4 is 20.7 Å². The first-order chi connectivity index (χ1) is 19.9. The summed E-state index contributed by atoms with van der Waals surface area (Å²) >= 11 is 0. The number of benzene rings is 1. The smallest absolute Gasteiger partial charge is 0.324 e. The van der Waals surface area contributed by atoms with Crippen molar-refractivity contribution in [1.82, 2.24) is 10.1 Å². The van der Waals surface area contributed by atoms with Gasteiger partial charge >= 0.3 is 16.1 Å². The van der Waals surface area contributed by atoms with Gasteiger partial charge in [-0.1, -0.05) is 30.2 Å². The summed E-state index contributed by atoms with van der Waals surface area (Å²) in [5.41, 5.74) is 0.557. The fourth-order valence-electron chi connectivity index (χ4n) is 4.74. The number of hydrogen-bond acceptors (Lipinski definition) is 9. The highest BCUT2D eigenvalue weighted by Gasteiger charge is 2.56. The van der Waals surface area contributed by atoms with Gasteiger partial charge in [-0.15, -0.1) is 0 Å². The van der Waals surface area contributed by atoms with Crippen LogP contribution in [0.25, 0.3) is 0 Å². The number of hydroxylamine groups is 3. The summed E-state index contributed by atoms with van der Waals surface area (Å²) in [6, 6.07) is 10.7. The van der Waals surface area contributed by atoms with Gasteiger partial charge in [-0.25, -0.2) is 9.78 Å². The lowest BCUT2D eigenvalue weighted by Gasteiger charge is -2.40. The predicted octanol–water partition coefficient (Wildman–Crippen LogP) is 4.92. The molecule has 1 fully saturated rings. The number of nitrogens with zero attached hydrogens (tertiary/aromatic N) is 3. The molecule has 1 aliphatic rings. The summed E-state index contributed by atoms with van der Waals surface area (Å²) in [7, 11) is -1.93. The van der Waals surface area contributed by atoms with E-state index >= 15 is 0 Å². The molecular formula is C29H39N6O7S+. The van der Waals surface area contributed by atoms with E-state index in [1.54, 1.807) is 49.5 Å². The first-order valence-corrected chi connectivity index (χ1v) is 15.6. The van der Waals surface area contributed by atoms with Crippen molar-refractivity contribution in [1.29, 1.82) is 0 Å². The van der Waals surface area contributed by atoms with Crippen LogP contribution in [0.4, 0.5) is 22.0 Å². The lowest BCUT2D eigenvalue weighted by Crippen LogP contribution is -2.60. The van der Waals surface area contributed by atoms with Gasteiger partial charge in [0.1, 0.15) is 36.4 Å². The molecule has 4 rings (SSSR count). The summed E-state index contributed by atoms with van der Waals surface area (Å²) in [6.45, 7) is 10.1. The van der Waals surface area contributed by atoms with Crippen molar-refractivity contribution in [3.63, 3.8) is 0 Å². The largest absolute Gasteiger partial charge is 0.486 e. The standard InChI is InChI=1S/C29H38N6O7S/c1-28(2,3)24-16-25(34-41-24)33-27(37)32-20-10-8-19(9-11-20)31-26(36)23-13-12-22(17-30-23)40-18-21-14-15-29(4,5)35(21,6)42-43(7,38)39/h8-13,16-17,21H,14-15,18H2,1-7H3,(H2-,30,31,32,33,34,36,37)/p+1. The van der Waals surface area contributed by atoms with E-state index in [1.807, 2.05) is 34.6 Å². The molecule has 2 aromatic heterocycles.